The Morgan fingerprint density at radius 3 is 2.81 bits per heavy atom. The molecule has 1 aromatic heterocycles. The van der Waals surface area contributed by atoms with Gasteiger partial charge in [-0.25, -0.2) is 0 Å². The average Bonchev–Trinajstić information content (AvgIpc) is 3.08. The molecule has 0 aliphatic rings. The summed E-state index contributed by atoms with van der Waals surface area (Å²) in [5.41, 5.74) is 6.27. The molecule has 0 saturated carbocycles. The summed E-state index contributed by atoms with van der Waals surface area (Å²) >= 11 is 6.19. The highest BCUT2D eigenvalue weighted by Gasteiger charge is 2.16. The lowest BCUT2D eigenvalue weighted by atomic mass is 10.2. The van der Waals surface area contributed by atoms with Crippen LogP contribution in [0.2, 0.25) is 5.02 Å². The van der Waals surface area contributed by atoms with Crippen LogP contribution in [0.3, 0.4) is 0 Å². The van der Waals surface area contributed by atoms with Gasteiger partial charge in [0.25, 0.3) is 0 Å². The van der Waals surface area contributed by atoms with E-state index in [1.807, 2.05) is 6.92 Å². The molecule has 2 aromatic rings. The standard InChI is InChI=1S/C17H23ClN4O4/c1-10(19)6-7-20-14(23)4-5-15-21-17(22-26-15)11-8-12(18)16(25-3)13(9-11)24-2/h8-10H,4-7,19H2,1-3H3,(H,20,23). The number of carbonyl (C=O) groups is 1. The predicted molar refractivity (Wildman–Crippen MR) is 97.4 cm³/mol. The Morgan fingerprint density at radius 1 is 1.38 bits per heavy atom. The Balaban J connectivity index is 1.99. The highest BCUT2D eigenvalue weighted by atomic mass is 35.5. The van der Waals surface area contributed by atoms with Crippen molar-refractivity contribution in [2.45, 2.75) is 32.2 Å². The van der Waals surface area contributed by atoms with Crippen LogP contribution in [0.4, 0.5) is 0 Å². The van der Waals surface area contributed by atoms with Crippen LogP contribution in [0.25, 0.3) is 11.4 Å². The van der Waals surface area contributed by atoms with Gasteiger partial charge in [0.15, 0.2) is 11.5 Å². The van der Waals surface area contributed by atoms with Gasteiger partial charge < -0.3 is 25.0 Å². The van der Waals surface area contributed by atoms with Crippen molar-refractivity contribution in [3.8, 4) is 22.9 Å². The summed E-state index contributed by atoms with van der Waals surface area (Å²) in [6.07, 6.45) is 1.34. The molecule has 0 radical (unpaired) electrons. The number of nitrogens with one attached hydrogen (secondary N) is 1. The first kappa shape index (κ1) is 20.0. The maximum Gasteiger partial charge on any atom is 0.227 e. The Kier molecular flexibility index (Phi) is 7.23. The van der Waals surface area contributed by atoms with Crippen LogP contribution in [0.15, 0.2) is 16.7 Å². The van der Waals surface area contributed by atoms with Gasteiger partial charge in [0, 0.05) is 31.0 Å². The molecule has 1 amide bonds. The monoisotopic (exact) mass is 382 g/mol. The fourth-order valence-corrected chi connectivity index (χ4v) is 2.56. The number of carbonyl (C=O) groups excluding carboxylic acids is 1. The second-order valence-electron chi connectivity index (χ2n) is 5.82. The molecule has 0 bridgehead atoms. The molecule has 0 aliphatic heterocycles. The number of hydrogen-bond donors (Lipinski definition) is 2. The van der Waals surface area contributed by atoms with Gasteiger partial charge in [0.1, 0.15) is 0 Å². The molecule has 26 heavy (non-hydrogen) atoms. The Hall–Kier alpha value is -2.32. The highest BCUT2D eigenvalue weighted by molar-refractivity contribution is 6.32. The van der Waals surface area contributed by atoms with E-state index in [2.05, 4.69) is 15.5 Å². The van der Waals surface area contributed by atoms with Gasteiger partial charge in [-0.2, -0.15) is 4.98 Å². The van der Waals surface area contributed by atoms with Gasteiger partial charge in [0.05, 0.1) is 19.2 Å². The molecule has 3 N–H and O–H groups in total. The SMILES string of the molecule is COc1cc(-c2noc(CCC(=O)NCCC(C)N)n2)cc(Cl)c1OC. The number of amides is 1. The van der Waals surface area contributed by atoms with Crippen molar-refractivity contribution in [1.82, 2.24) is 15.5 Å². The normalized spacial score (nSPS) is 11.9. The highest BCUT2D eigenvalue weighted by Crippen LogP contribution is 2.38. The Morgan fingerprint density at radius 2 is 2.15 bits per heavy atom. The second-order valence-corrected chi connectivity index (χ2v) is 6.23. The maximum absolute atomic E-state index is 11.8. The summed E-state index contributed by atoms with van der Waals surface area (Å²) in [5, 5.41) is 7.11. The fourth-order valence-electron chi connectivity index (χ4n) is 2.27. The summed E-state index contributed by atoms with van der Waals surface area (Å²) in [5.74, 6) is 1.55. The van der Waals surface area contributed by atoms with E-state index in [-0.39, 0.29) is 18.4 Å². The van der Waals surface area contributed by atoms with E-state index < -0.39 is 0 Å². The topological polar surface area (TPSA) is 112 Å². The van der Waals surface area contributed by atoms with Crippen LogP contribution in [0, 0.1) is 0 Å². The zero-order valence-electron chi connectivity index (χ0n) is 15.0. The third-order valence-electron chi connectivity index (χ3n) is 3.65. The van der Waals surface area contributed by atoms with Crippen LogP contribution in [-0.2, 0) is 11.2 Å². The van der Waals surface area contributed by atoms with Crippen molar-refractivity contribution >= 4 is 17.5 Å². The number of ether oxygens (including phenoxy) is 2. The molecule has 0 aliphatic carbocycles. The number of nitrogens with two attached hydrogens (primary N) is 1. The molecule has 1 unspecified atom stereocenters. The quantitative estimate of drug-likeness (QED) is 0.683. The van der Waals surface area contributed by atoms with Crippen molar-refractivity contribution in [3.63, 3.8) is 0 Å². The van der Waals surface area contributed by atoms with Crippen molar-refractivity contribution in [2.75, 3.05) is 20.8 Å². The fraction of sp³-hybridized carbons (Fsp3) is 0.471. The summed E-state index contributed by atoms with van der Waals surface area (Å²) in [4.78, 5) is 16.1. The molecule has 0 spiro atoms. The van der Waals surface area contributed by atoms with E-state index in [9.17, 15) is 4.79 Å². The molecule has 1 aromatic carbocycles. The smallest absolute Gasteiger partial charge is 0.227 e. The third kappa shape index (κ3) is 5.34. The van der Waals surface area contributed by atoms with Gasteiger partial charge in [-0.1, -0.05) is 16.8 Å². The first-order chi connectivity index (χ1) is 12.4. The molecular formula is C17H23ClN4O4. The third-order valence-corrected chi connectivity index (χ3v) is 3.93. The predicted octanol–water partition coefficient (Wildman–Crippen LogP) is 2.19. The zero-order valence-corrected chi connectivity index (χ0v) is 15.8. The molecule has 1 atom stereocenters. The van der Waals surface area contributed by atoms with Crippen LogP contribution in [0.5, 0.6) is 11.5 Å². The van der Waals surface area contributed by atoms with Crippen molar-refractivity contribution < 1.29 is 18.8 Å². The van der Waals surface area contributed by atoms with Gasteiger partial charge >= 0.3 is 0 Å². The van der Waals surface area contributed by atoms with Crippen molar-refractivity contribution in [2.24, 2.45) is 5.73 Å². The molecule has 0 saturated heterocycles. The molecule has 8 nitrogen and oxygen atoms in total. The molecule has 2 rings (SSSR count). The summed E-state index contributed by atoms with van der Waals surface area (Å²) in [6, 6.07) is 3.43. The van der Waals surface area contributed by atoms with Crippen molar-refractivity contribution in [3.05, 3.63) is 23.0 Å². The maximum atomic E-state index is 11.8. The van der Waals surface area contributed by atoms with Gasteiger partial charge in [-0.05, 0) is 25.5 Å². The molecule has 9 heteroatoms. The lowest BCUT2D eigenvalue weighted by Crippen LogP contribution is -2.29. The minimum absolute atomic E-state index is 0.0575. The van der Waals surface area contributed by atoms with Crippen LogP contribution >= 0.6 is 11.6 Å². The summed E-state index contributed by atoms with van der Waals surface area (Å²) in [6.45, 7) is 2.45. The van der Waals surface area contributed by atoms with E-state index in [4.69, 9.17) is 31.3 Å². The number of aryl methyl sites for hydroxylation is 1. The Labute approximate surface area is 157 Å². The lowest BCUT2D eigenvalue weighted by molar-refractivity contribution is -0.121. The van der Waals surface area contributed by atoms with E-state index in [0.29, 0.717) is 46.8 Å². The minimum atomic E-state index is -0.0837. The van der Waals surface area contributed by atoms with Crippen LogP contribution in [0.1, 0.15) is 25.7 Å². The van der Waals surface area contributed by atoms with Gasteiger partial charge in [-0.15, -0.1) is 0 Å². The molecule has 0 fully saturated rings. The first-order valence-corrected chi connectivity index (χ1v) is 8.59. The number of halogens is 1. The minimum Gasteiger partial charge on any atom is -0.493 e. The van der Waals surface area contributed by atoms with E-state index >= 15 is 0 Å². The van der Waals surface area contributed by atoms with Gasteiger partial charge in [0.2, 0.25) is 17.6 Å². The van der Waals surface area contributed by atoms with Crippen LogP contribution in [-0.4, -0.2) is 42.9 Å². The number of rotatable bonds is 9. The van der Waals surface area contributed by atoms with Crippen LogP contribution < -0.4 is 20.5 Å². The lowest BCUT2D eigenvalue weighted by Gasteiger charge is -2.10. The largest absolute Gasteiger partial charge is 0.493 e. The van der Waals surface area contributed by atoms with Crippen molar-refractivity contribution in [1.29, 1.82) is 0 Å². The second kappa shape index (κ2) is 9.40. The summed E-state index contributed by atoms with van der Waals surface area (Å²) < 4.78 is 15.7. The molecular weight excluding hydrogens is 360 g/mol. The first-order valence-electron chi connectivity index (χ1n) is 8.21. The van der Waals surface area contributed by atoms with E-state index in [1.54, 1.807) is 12.1 Å². The summed E-state index contributed by atoms with van der Waals surface area (Å²) in [7, 11) is 3.03. The Bertz CT molecular complexity index is 748. The number of methoxy groups -OCH3 is 2. The number of nitrogens with zero attached hydrogens (tertiary/aromatic N) is 2. The zero-order chi connectivity index (χ0) is 19.1. The number of hydrogen-bond acceptors (Lipinski definition) is 7. The average molecular weight is 383 g/mol. The molecule has 1 heterocycles. The van der Waals surface area contributed by atoms with E-state index in [0.717, 1.165) is 6.42 Å². The van der Waals surface area contributed by atoms with E-state index in [1.165, 1.54) is 14.2 Å². The number of benzene rings is 1. The molecule has 142 valence electrons. The van der Waals surface area contributed by atoms with Gasteiger partial charge in [-0.3, -0.25) is 4.79 Å². The number of aromatic nitrogens is 2.